The molecule has 1 saturated heterocycles. The molecule has 1 aromatic rings. The highest BCUT2D eigenvalue weighted by atomic mass is 16.5. The highest BCUT2D eigenvalue weighted by molar-refractivity contribution is 5.57. The van der Waals surface area contributed by atoms with Crippen molar-refractivity contribution in [2.24, 2.45) is 0 Å². The fraction of sp³-hybridized carbons (Fsp3) is 0.667. The van der Waals surface area contributed by atoms with Crippen molar-refractivity contribution in [2.75, 3.05) is 45.2 Å². The molecule has 0 spiro atoms. The molecule has 5 heteroatoms. The maximum absolute atomic E-state index is 6.22. The van der Waals surface area contributed by atoms with Gasteiger partial charge in [0.15, 0.2) is 11.5 Å². The zero-order chi connectivity index (χ0) is 16.1. The summed E-state index contributed by atoms with van der Waals surface area (Å²) in [5.74, 6) is 1.73. The van der Waals surface area contributed by atoms with E-state index in [2.05, 4.69) is 27.7 Å². The minimum Gasteiger partial charge on any atom is -0.493 e. The Morgan fingerprint density at radius 3 is 2.83 bits per heavy atom. The Kier molecular flexibility index (Phi) is 5.62. The van der Waals surface area contributed by atoms with E-state index in [1.54, 1.807) is 7.11 Å². The van der Waals surface area contributed by atoms with Crippen molar-refractivity contribution in [1.82, 2.24) is 10.6 Å². The summed E-state index contributed by atoms with van der Waals surface area (Å²) >= 11 is 0. The van der Waals surface area contributed by atoms with Crippen molar-refractivity contribution < 1.29 is 9.47 Å². The summed E-state index contributed by atoms with van der Waals surface area (Å²) in [6, 6.07) is 6.81. The molecule has 0 radical (unpaired) electrons. The molecule has 2 fully saturated rings. The van der Waals surface area contributed by atoms with Gasteiger partial charge in [-0.1, -0.05) is 0 Å². The maximum Gasteiger partial charge on any atom is 0.163 e. The van der Waals surface area contributed by atoms with Gasteiger partial charge in [0.25, 0.3) is 0 Å². The van der Waals surface area contributed by atoms with Crippen molar-refractivity contribution in [3.05, 3.63) is 18.2 Å². The topological polar surface area (TPSA) is 45.8 Å². The zero-order valence-corrected chi connectivity index (χ0v) is 14.3. The van der Waals surface area contributed by atoms with Gasteiger partial charge in [0.05, 0.1) is 13.2 Å². The number of ether oxygens (including phenoxy) is 2. The first kappa shape index (κ1) is 16.4. The second-order valence-electron chi connectivity index (χ2n) is 6.51. The van der Waals surface area contributed by atoms with E-state index in [9.17, 15) is 0 Å². The van der Waals surface area contributed by atoms with Gasteiger partial charge in [0.2, 0.25) is 0 Å². The summed E-state index contributed by atoms with van der Waals surface area (Å²) in [6.07, 6.45) is 5.21. The van der Waals surface area contributed by atoms with Crippen molar-refractivity contribution in [2.45, 2.75) is 37.8 Å². The number of piperazine rings is 1. The Morgan fingerprint density at radius 2 is 2.09 bits per heavy atom. The normalized spacial score (nSPS) is 22.3. The Hall–Kier alpha value is -1.46. The third kappa shape index (κ3) is 4.09. The lowest BCUT2D eigenvalue weighted by Crippen LogP contribution is -2.54. The van der Waals surface area contributed by atoms with E-state index in [1.807, 2.05) is 13.1 Å². The monoisotopic (exact) mass is 319 g/mol. The van der Waals surface area contributed by atoms with Crippen LogP contribution in [0, 0.1) is 0 Å². The molecule has 1 heterocycles. The minimum atomic E-state index is 0.346. The van der Waals surface area contributed by atoms with E-state index in [1.165, 1.54) is 18.5 Å². The lowest BCUT2D eigenvalue weighted by molar-refractivity contribution is 0.201. The fourth-order valence-electron chi connectivity index (χ4n) is 3.58. The highest BCUT2D eigenvalue weighted by Gasteiger charge is 2.22. The number of benzene rings is 1. The summed E-state index contributed by atoms with van der Waals surface area (Å²) in [5.41, 5.74) is 1.22. The Morgan fingerprint density at radius 1 is 1.26 bits per heavy atom. The predicted molar refractivity (Wildman–Crippen MR) is 93.8 cm³/mol. The average Bonchev–Trinajstić information content (AvgIpc) is 3.08. The van der Waals surface area contributed by atoms with Crippen LogP contribution in [-0.4, -0.2) is 52.5 Å². The number of methoxy groups -OCH3 is 1. The number of hydrogen-bond donors (Lipinski definition) is 2. The predicted octanol–water partition coefficient (Wildman–Crippen LogP) is 2.01. The molecule has 3 rings (SSSR count). The number of rotatable bonds is 6. The molecule has 0 amide bonds. The number of hydrogen-bond acceptors (Lipinski definition) is 5. The van der Waals surface area contributed by atoms with Crippen LogP contribution >= 0.6 is 0 Å². The van der Waals surface area contributed by atoms with Crippen LogP contribution in [0.1, 0.15) is 25.7 Å². The molecular weight excluding hydrogens is 290 g/mol. The highest BCUT2D eigenvalue weighted by Crippen LogP contribution is 2.35. The number of likely N-dealkylation sites (N-methyl/N-ethyl adjacent to an activating group) is 1. The van der Waals surface area contributed by atoms with E-state index < -0.39 is 0 Å². The molecule has 2 aliphatic rings. The second kappa shape index (κ2) is 7.88. The first-order valence-electron chi connectivity index (χ1n) is 8.78. The van der Waals surface area contributed by atoms with E-state index >= 15 is 0 Å². The smallest absolute Gasteiger partial charge is 0.163 e. The molecule has 1 aliphatic heterocycles. The third-order valence-corrected chi connectivity index (χ3v) is 4.81. The average molecular weight is 319 g/mol. The largest absolute Gasteiger partial charge is 0.493 e. The van der Waals surface area contributed by atoms with Gasteiger partial charge in [-0.15, -0.1) is 0 Å². The van der Waals surface area contributed by atoms with Crippen LogP contribution in [0.2, 0.25) is 0 Å². The summed E-state index contributed by atoms with van der Waals surface area (Å²) in [7, 11) is 3.71. The van der Waals surface area contributed by atoms with Crippen LogP contribution < -0.4 is 25.0 Å². The molecule has 1 aliphatic carbocycles. The fourth-order valence-corrected chi connectivity index (χ4v) is 3.58. The second-order valence-corrected chi connectivity index (χ2v) is 6.51. The summed E-state index contributed by atoms with van der Waals surface area (Å²) in [5, 5.41) is 6.81. The van der Waals surface area contributed by atoms with Gasteiger partial charge in [-0.2, -0.15) is 0 Å². The van der Waals surface area contributed by atoms with Crippen LogP contribution in [0.4, 0.5) is 5.69 Å². The number of nitrogens with zero attached hydrogens (tertiary/aromatic N) is 1. The quantitative estimate of drug-likeness (QED) is 0.840. The van der Waals surface area contributed by atoms with Crippen LogP contribution in [0.3, 0.4) is 0 Å². The lowest BCUT2D eigenvalue weighted by atomic mass is 10.1. The molecular formula is C18H29N3O2. The first-order valence-corrected chi connectivity index (χ1v) is 8.78. The number of nitrogens with one attached hydrogen (secondary N) is 2. The molecule has 1 aromatic carbocycles. The SMILES string of the molecule is CNCC1CN(c2ccc(OC)c(OC3CCCC3)c2)CCN1. The summed E-state index contributed by atoms with van der Waals surface area (Å²) in [4.78, 5) is 2.43. The van der Waals surface area contributed by atoms with E-state index in [0.717, 1.165) is 50.5 Å². The molecule has 0 aromatic heterocycles. The first-order chi connectivity index (χ1) is 11.3. The Bertz CT molecular complexity index is 501. The van der Waals surface area contributed by atoms with Gasteiger partial charge in [0.1, 0.15) is 0 Å². The third-order valence-electron chi connectivity index (χ3n) is 4.81. The van der Waals surface area contributed by atoms with Crippen LogP contribution in [0.25, 0.3) is 0 Å². The van der Waals surface area contributed by atoms with Crippen molar-refractivity contribution in [3.63, 3.8) is 0 Å². The van der Waals surface area contributed by atoms with E-state index in [0.29, 0.717) is 12.1 Å². The van der Waals surface area contributed by atoms with Gasteiger partial charge in [-0.25, -0.2) is 0 Å². The molecule has 5 nitrogen and oxygen atoms in total. The van der Waals surface area contributed by atoms with Crippen molar-refractivity contribution in [1.29, 1.82) is 0 Å². The van der Waals surface area contributed by atoms with Gasteiger partial charge < -0.3 is 25.0 Å². The van der Waals surface area contributed by atoms with Crippen LogP contribution in [0.15, 0.2) is 18.2 Å². The molecule has 1 atom stereocenters. The molecule has 0 bridgehead atoms. The molecule has 23 heavy (non-hydrogen) atoms. The van der Waals surface area contributed by atoms with Gasteiger partial charge in [-0.3, -0.25) is 0 Å². The van der Waals surface area contributed by atoms with Crippen LogP contribution in [-0.2, 0) is 0 Å². The molecule has 1 saturated carbocycles. The lowest BCUT2D eigenvalue weighted by Gasteiger charge is -2.35. The molecule has 1 unspecified atom stereocenters. The Labute approximate surface area is 139 Å². The molecule has 2 N–H and O–H groups in total. The van der Waals surface area contributed by atoms with Gasteiger partial charge in [0, 0.05) is 44.0 Å². The number of anilines is 1. The van der Waals surface area contributed by atoms with Gasteiger partial charge >= 0.3 is 0 Å². The van der Waals surface area contributed by atoms with E-state index in [4.69, 9.17) is 9.47 Å². The van der Waals surface area contributed by atoms with Crippen molar-refractivity contribution in [3.8, 4) is 11.5 Å². The molecule has 128 valence electrons. The Balaban J connectivity index is 1.73. The van der Waals surface area contributed by atoms with Crippen molar-refractivity contribution >= 4 is 5.69 Å². The van der Waals surface area contributed by atoms with Gasteiger partial charge in [-0.05, 0) is 44.9 Å². The zero-order valence-electron chi connectivity index (χ0n) is 14.3. The van der Waals surface area contributed by atoms with E-state index in [-0.39, 0.29) is 0 Å². The van der Waals surface area contributed by atoms with Crippen LogP contribution in [0.5, 0.6) is 11.5 Å². The standard InChI is InChI=1S/C18H29N3O2/c1-19-12-14-13-21(10-9-20-14)15-7-8-17(22-2)18(11-15)23-16-5-3-4-6-16/h7-8,11,14,16,19-20H,3-6,9-10,12-13H2,1-2H3. The summed E-state index contributed by atoms with van der Waals surface area (Å²) < 4.78 is 11.7. The summed E-state index contributed by atoms with van der Waals surface area (Å²) in [6.45, 7) is 4.03. The maximum atomic E-state index is 6.22. The minimum absolute atomic E-state index is 0.346.